The van der Waals surface area contributed by atoms with Crippen LogP contribution in [0, 0.1) is 0 Å². The number of nitrogens with one attached hydrogen (secondary N) is 1. The molecule has 2 aromatic rings. The van der Waals surface area contributed by atoms with Gasteiger partial charge in [-0.2, -0.15) is 0 Å². The molecule has 1 unspecified atom stereocenters. The van der Waals surface area contributed by atoms with Crippen LogP contribution in [0.25, 0.3) is 0 Å². The fourth-order valence-corrected chi connectivity index (χ4v) is 3.74. The zero-order valence-electron chi connectivity index (χ0n) is 19.4. The predicted octanol–water partition coefficient (Wildman–Crippen LogP) is 6.18. The van der Waals surface area contributed by atoms with E-state index in [9.17, 15) is 4.79 Å². The second-order valence-electron chi connectivity index (χ2n) is 8.38. The Morgan fingerprint density at radius 1 is 0.900 bits per heavy atom. The van der Waals surface area contributed by atoms with Crippen molar-refractivity contribution >= 4 is 5.91 Å². The summed E-state index contributed by atoms with van der Waals surface area (Å²) in [6.07, 6.45) is 5.99. The van der Waals surface area contributed by atoms with Gasteiger partial charge in [0.25, 0.3) is 5.91 Å². The average molecular weight is 409 g/mol. The van der Waals surface area contributed by atoms with Crippen molar-refractivity contribution in [3.05, 3.63) is 70.8 Å². The van der Waals surface area contributed by atoms with Gasteiger partial charge in [0.15, 0.2) is 0 Å². The van der Waals surface area contributed by atoms with Gasteiger partial charge in [0.1, 0.15) is 0 Å². The normalized spacial score (nSPS) is 12.2. The molecule has 0 heterocycles. The topological polar surface area (TPSA) is 32.3 Å². The summed E-state index contributed by atoms with van der Waals surface area (Å²) >= 11 is 0. The molecule has 0 aliphatic carbocycles. The molecule has 1 amide bonds. The molecule has 1 N–H and O–H groups in total. The Labute approximate surface area is 183 Å². The molecule has 0 spiro atoms. The Morgan fingerprint density at radius 3 is 2.17 bits per heavy atom. The highest BCUT2D eigenvalue weighted by molar-refractivity contribution is 5.94. The predicted molar refractivity (Wildman–Crippen MR) is 128 cm³/mol. The van der Waals surface area contributed by atoms with Gasteiger partial charge in [-0.3, -0.25) is 9.69 Å². The summed E-state index contributed by atoms with van der Waals surface area (Å²) in [6.45, 7) is 12.7. The number of unbranched alkanes of at least 4 members (excludes halogenated alkanes) is 2. The highest BCUT2D eigenvalue weighted by atomic mass is 16.1. The molecule has 30 heavy (non-hydrogen) atoms. The Hall–Kier alpha value is -2.13. The molecule has 0 aliphatic rings. The van der Waals surface area contributed by atoms with Crippen LogP contribution in [0.1, 0.15) is 86.3 Å². The number of amides is 1. The fourth-order valence-electron chi connectivity index (χ4n) is 3.74. The highest BCUT2D eigenvalue weighted by Gasteiger charge is 2.10. The largest absolute Gasteiger partial charge is 0.351 e. The van der Waals surface area contributed by atoms with Crippen molar-refractivity contribution in [2.24, 2.45) is 0 Å². The number of carbonyl (C=O) groups is 1. The van der Waals surface area contributed by atoms with Gasteiger partial charge in [0.05, 0.1) is 0 Å². The van der Waals surface area contributed by atoms with E-state index in [1.165, 1.54) is 42.4 Å². The summed E-state index contributed by atoms with van der Waals surface area (Å²) in [4.78, 5) is 15.0. The summed E-state index contributed by atoms with van der Waals surface area (Å²) in [7, 11) is 0. The molecule has 0 fully saturated rings. The fraction of sp³-hybridized carbons (Fsp3) is 0.519. The second kappa shape index (κ2) is 13.2. The minimum atomic E-state index is 0.0109. The summed E-state index contributed by atoms with van der Waals surface area (Å²) in [5.74, 6) is 0.297. The maximum atomic E-state index is 12.5. The van der Waals surface area contributed by atoms with E-state index in [1.54, 1.807) is 0 Å². The van der Waals surface area contributed by atoms with Crippen LogP contribution in [0.5, 0.6) is 0 Å². The molecule has 0 bridgehead atoms. The Kier molecular flexibility index (Phi) is 10.6. The van der Waals surface area contributed by atoms with Gasteiger partial charge < -0.3 is 5.32 Å². The number of benzene rings is 2. The average Bonchev–Trinajstić information content (AvgIpc) is 2.78. The minimum absolute atomic E-state index is 0.0109. The summed E-state index contributed by atoms with van der Waals surface area (Å²) in [6, 6.07) is 16.9. The first-order chi connectivity index (χ1) is 14.6. The van der Waals surface area contributed by atoms with Gasteiger partial charge >= 0.3 is 0 Å². The minimum Gasteiger partial charge on any atom is -0.351 e. The monoisotopic (exact) mass is 408 g/mol. The molecular formula is C27H40N2O. The van der Waals surface area contributed by atoms with E-state index in [2.05, 4.69) is 74.3 Å². The van der Waals surface area contributed by atoms with E-state index in [0.717, 1.165) is 31.6 Å². The van der Waals surface area contributed by atoms with E-state index < -0.39 is 0 Å². The lowest BCUT2D eigenvalue weighted by Gasteiger charge is -2.20. The number of rotatable bonds is 13. The molecule has 0 radical (unpaired) electrons. The number of nitrogens with zero attached hydrogens (tertiary/aromatic N) is 1. The molecule has 2 aromatic carbocycles. The third kappa shape index (κ3) is 7.95. The standard InChI is InChI=1S/C27H40N2O/c1-5-8-9-10-23-11-17-26(18-12-23)27(30)28-20-22(4)25-15-13-24(14-16-25)21-29(7-3)19-6-2/h11-18,22H,5-10,19-21H2,1-4H3,(H,28,30). The first-order valence-electron chi connectivity index (χ1n) is 11.8. The number of hydrogen-bond donors (Lipinski definition) is 1. The van der Waals surface area contributed by atoms with Crippen LogP contribution in [0.3, 0.4) is 0 Å². The lowest BCUT2D eigenvalue weighted by atomic mass is 9.99. The second-order valence-corrected chi connectivity index (χ2v) is 8.38. The Bertz CT molecular complexity index is 736. The molecule has 0 aliphatic heterocycles. The van der Waals surface area contributed by atoms with Crippen LogP contribution in [0.2, 0.25) is 0 Å². The van der Waals surface area contributed by atoms with Crippen molar-refractivity contribution in [2.75, 3.05) is 19.6 Å². The summed E-state index contributed by atoms with van der Waals surface area (Å²) in [5, 5.41) is 3.09. The van der Waals surface area contributed by atoms with Gasteiger partial charge in [-0.05, 0) is 67.1 Å². The van der Waals surface area contributed by atoms with Crippen molar-refractivity contribution < 1.29 is 4.79 Å². The lowest BCUT2D eigenvalue weighted by Crippen LogP contribution is -2.27. The summed E-state index contributed by atoms with van der Waals surface area (Å²) in [5.41, 5.74) is 4.68. The zero-order chi connectivity index (χ0) is 21.8. The van der Waals surface area contributed by atoms with Crippen molar-refractivity contribution in [1.82, 2.24) is 10.2 Å². The van der Waals surface area contributed by atoms with E-state index in [0.29, 0.717) is 6.54 Å². The number of carbonyl (C=O) groups excluding carboxylic acids is 1. The molecule has 0 saturated heterocycles. The highest BCUT2D eigenvalue weighted by Crippen LogP contribution is 2.17. The van der Waals surface area contributed by atoms with Crippen molar-refractivity contribution in [2.45, 2.75) is 72.3 Å². The first-order valence-corrected chi connectivity index (χ1v) is 11.8. The molecule has 3 heteroatoms. The van der Waals surface area contributed by atoms with E-state index in [-0.39, 0.29) is 11.8 Å². The maximum absolute atomic E-state index is 12.5. The van der Waals surface area contributed by atoms with Crippen LogP contribution >= 0.6 is 0 Å². The molecule has 0 aromatic heterocycles. The Morgan fingerprint density at radius 2 is 1.57 bits per heavy atom. The van der Waals surface area contributed by atoms with Crippen LogP contribution in [-0.2, 0) is 13.0 Å². The third-order valence-electron chi connectivity index (χ3n) is 5.80. The Balaban J connectivity index is 1.83. The third-order valence-corrected chi connectivity index (χ3v) is 5.80. The van der Waals surface area contributed by atoms with Gasteiger partial charge in [-0.15, -0.1) is 0 Å². The molecular weight excluding hydrogens is 368 g/mol. The van der Waals surface area contributed by atoms with Crippen LogP contribution in [-0.4, -0.2) is 30.4 Å². The van der Waals surface area contributed by atoms with Gasteiger partial charge in [-0.25, -0.2) is 0 Å². The number of hydrogen-bond acceptors (Lipinski definition) is 2. The molecule has 164 valence electrons. The van der Waals surface area contributed by atoms with Crippen LogP contribution in [0.4, 0.5) is 0 Å². The van der Waals surface area contributed by atoms with Gasteiger partial charge in [0.2, 0.25) is 0 Å². The van der Waals surface area contributed by atoms with Crippen LogP contribution < -0.4 is 5.32 Å². The van der Waals surface area contributed by atoms with E-state index in [4.69, 9.17) is 0 Å². The maximum Gasteiger partial charge on any atom is 0.251 e. The quantitative estimate of drug-likeness (QED) is 0.401. The van der Waals surface area contributed by atoms with Crippen molar-refractivity contribution in [3.63, 3.8) is 0 Å². The summed E-state index contributed by atoms with van der Waals surface area (Å²) < 4.78 is 0. The SMILES string of the molecule is CCCCCc1ccc(C(=O)NCC(C)c2ccc(CN(CC)CCC)cc2)cc1. The van der Waals surface area contributed by atoms with Crippen molar-refractivity contribution in [3.8, 4) is 0 Å². The van der Waals surface area contributed by atoms with Gasteiger partial charge in [-0.1, -0.05) is 76.9 Å². The zero-order valence-corrected chi connectivity index (χ0v) is 19.4. The lowest BCUT2D eigenvalue weighted by molar-refractivity contribution is 0.0951. The van der Waals surface area contributed by atoms with Gasteiger partial charge in [0, 0.05) is 18.7 Å². The first kappa shape index (κ1) is 24.1. The van der Waals surface area contributed by atoms with Crippen molar-refractivity contribution in [1.29, 1.82) is 0 Å². The van der Waals surface area contributed by atoms with Crippen LogP contribution in [0.15, 0.2) is 48.5 Å². The molecule has 0 saturated carbocycles. The molecule has 1 atom stereocenters. The van der Waals surface area contributed by atoms with E-state index in [1.807, 2.05) is 12.1 Å². The van der Waals surface area contributed by atoms with E-state index >= 15 is 0 Å². The molecule has 3 nitrogen and oxygen atoms in total. The number of aryl methyl sites for hydroxylation is 1. The smallest absolute Gasteiger partial charge is 0.251 e. The molecule has 2 rings (SSSR count).